The number of ketones is 1. The number of phosphoric ester groups is 1. The number of hydrogen-bond acceptors (Lipinski definition) is 10. The SMILES string of the molecule is CCCCC/C=C\C/C=C\C/C=C\C/C=C\C/C=C\CCC(=O)OC[C@H](COP(=O)(O)O)OC(=O)CCCCC(=O)C[C@@H]1[C@@H](/C=C/[C@@H](O)CCCCC)[C@H](O)C[C@@H]1O. The van der Waals surface area contributed by atoms with E-state index >= 15 is 0 Å². The maximum Gasteiger partial charge on any atom is 0.469 e. The number of phosphoric acid groups is 1. The Bertz CT molecular complexity index is 1350. The van der Waals surface area contributed by atoms with Crippen LogP contribution in [0, 0.1) is 11.8 Å². The molecular formula is C45H73O12P. The topological polar surface area (TPSA) is 197 Å². The fourth-order valence-electron chi connectivity index (χ4n) is 6.41. The Morgan fingerprint density at radius 1 is 0.690 bits per heavy atom. The second kappa shape index (κ2) is 33.8. The van der Waals surface area contributed by atoms with Crippen LogP contribution < -0.4 is 0 Å². The van der Waals surface area contributed by atoms with Gasteiger partial charge in [-0.3, -0.25) is 18.9 Å². The fourth-order valence-corrected chi connectivity index (χ4v) is 6.77. The quantitative estimate of drug-likeness (QED) is 0.0179. The van der Waals surface area contributed by atoms with Crippen LogP contribution in [-0.2, 0) is 32.9 Å². The molecule has 1 saturated carbocycles. The summed E-state index contributed by atoms with van der Waals surface area (Å²) in [5.74, 6) is -2.33. The Hall–Kier alpha value is -2.96. The molecule has 0 aromatic carbocycles. The van der Waals surface area contributed by atoms with Gasteiger partial charge in [-0.1, -0.05) is 119 Å². The average molecular weight is 837 g/mol. The summed E-state index contributed by atoms with van der Waals surface area (Å²) in [5.41, 5.74) is 0. The number of ether oxygens (including phenoxy) is 2. The lowest BCUT2D eigenvalue weighted by atomic mass is 9.87. The molecule has 1 aliphatic carbocycles. The van der Waals surface area contributed by atoms with Gasteiger partial charge in [-0.25, -0.2) is 4.57 Å². The van der Waals surface area contributed by atoms with Gasteiger partial charge in [0.15, 0.2) is 6.10 Å². The van der Waals surface area contributed by atoms with Crippen LogP contribution in [0.1, 0.15) is 142 Å². The van der Waals surface area contributed by atoms with Crippen molar-refractivity contribution >= 4 is 25.5 Å². The lowest BCUT2D eigenvalue weighted by Gasteiger charge is -2.20. The van der Waals surface area contributed by atoms with Crippen LogP contribution >= 0.6 is 7.82 Å². The third-order valence-electron chi connectivity index (χ3n) is 9.69. The minimum Gasteiger partial charge on any atom is -0.462 e. The standard InChI is InChI=1S/C45H73O12P/c1-3-5-7-8-9-10-11-12-13-14-15-16-17-18-19-20-21-22-24-29-44(50)55-35-39(36-56-58(52,53)54)57-45(51)30-26-25-28-38(47)33-41-40(42(48)34-43(41)49)32-31-37(46)27-23-6-4-2/h9-10,12-13,15-16,18-19,21-22,31-32,37,39-43,46,48-49H,3-8,11,14,17,20,23-30,33-36H2,1-2H3,(H2,52,53,54)/b10-9-,13-12-,16-15-,19-18-,22-21-,32-31+/t37-,39+,40+,41+,42+,43-/m0/s1. The van der Waals surface area contributed by atoms with Crippen LogP contribution in [0.25, 0.3) is 0 Å². The number of unbranched alkanes of at least 4 members (excludes halogenated alkanes) is 6. The maximum atomic E-state index is 12.8. The van der Waals surface area contributed by atoms with E-state index in [1.54, 1.807) is 12.2 Å². The largest absolute Gasteiger partial charge is 0.469 e. The molecule has 5 N–H and O–H groups in total. The number of Topliss-reactive ketones (excluding diaryl/α,β-unsaturated/α-hetero) is 1. The molecule has 58 heavy (non-hydrogen) atoms. The number of carbonyl (C=O) groups excluding carboxylic acids is 3. The maximum absolute atomic E-state index is 12.8. The summed E-state index contributed by atoms with van der Waals surface area (Å²) in [6, 6.07) is 0. The van der Waals surface area contributed by atoms with Gasteiger partial charge >= 0.3 is 19.8 Å². The zero-order valence-electron chi connectivity index (χ0n) is 35.0. The third kappa shape index (κ3) is 29.3. The van der Waals surface area contributed by atoms with Gasteiger partial charge < -0.3 is 34.6 Å². The monoisotopic (exact) mass is 836 g/mol. The van der Waals surface area contributed by atoms with E-state index in [9.17, 15) is 34.3 Å². The van der Waals surface area contributed by atoms with Crippen LogP contribution in [0.2, 0.25) is 0 Å². The first-order valence-electron chi connectivity index (χ1n) is 21.4. The Morgan fingerprint density at radius 3 is 1.86 bits per heavy atom. The van der Waals surface area contributed by atoms with Crippen molar-refractivity contribution < 1.29 is 58.1 Å². The van der Waals surface area contributed by atoms with Crippen molar-refractivity contribution in [2.45, 2.75) is 167 Å². The molecule has 0 spiro atoms. The molecule has 12 nitrogen and oxygen atoms in total. The first-order chi connectivity index (χ1) is 27.9. The summed E-state index contributed by atoms with van der Waals surface area (Å²) in [6.45, 7) is 3.16. The summed E-state index contributed by atoms with van der Waals surface area (Å²) in [4.78, 5) is 55.8. The molecule has 0 saturated heterocycles. The van der Waals surface area contributed by atoms with Crippen molar-refractivity contribution in [3.63, 3.8) is 0 Å². The Balaban J connectivity index is 2.36. The van der Waals surface area contributed by atoms with E-state index in [0.717, 1.165) is 51.4 Å². The number of aliphatic hydroxyl groups excluding tert-OH is 3. The van der Waals surface area contributed by atoms with Gasteiger partial charge in [0.2, 0.25) is 0 Å². The van der Waals surface area contributed by atoms with Crippen LogP contribution in [-0.4, -0.2) is 80.5 Å². The van der Waals surface area contributed by atoms with E-state index in [0.29, 0.717) is 19.3 Å². The van der Waals surface area contributed by atoms with Gasteiger partial charge in [0.25, 0.3) is 0 Å². The number of aliphatic hydroxyl groups is 3. The zero-order valence-corrected chi connectivity index (χ0v) is 35.9. The second-order valence-electron chi connectivity index (χ2n) is 14.9. The molecule has 0 heterocycles. The molecule has 0 aromatic heterocycles. The molecule has 330 valence electrons. The molecule has 0 radical (unpaired) electrons. The summed E-state index contributed by atoms with van der Waals surface area (Å²) < 4.78 is 26.2. The molecular weight excluding hydrogens is 763 g/mol. The molecule has 0 aromatic rings. The van der Waals surface area contributed by atoms with Gasteiger partial charge in [-0.15, -0.1) is 0 Å². The molecule has 6 atom stereocenters. The molecule has 0 aliphatic heterocycles. The lowest BCUT2D eigenvalue weighted by Crippen LogP contribution is -2.29. The normalized spacial score (nSPS) is 20.1. The van der Waals surface area contributed by atoms with E-state index in [1.165, 1.54) is 19.3 Å². The molecule has 13 heteroatoms. The number of esters is 2. The van der Waals surface area contributed by atoms with Gasteiger partial charge in [0.1, 0.15) is 12.4 Å². The highest BCUT2D eigenvalue weighted by molar-refractivity contribution is 7.46. The highest BCUT2D eigenvalue weighted by Gasteiger charge is 2.41. The van der Waals surface area contributed by atoms with Gasteiger partial charge in [0.05, 0.1) is 24.9 Å². The summed E-state index contributed by atoms with van der Waals surface area (Å²) in [5, 5.41) is 31.2. The van der Waals surface area contributed by atoms with Crippen molar-refractivity contribution in [1.29, 1.82) is 0 Å². The predicted molar refractivity (Wildman–Crippen MR) is 227 cm³/mol. The van der Waals surface area contributed by atoms with Crippen LogP contribution in [0.3, 0.4) is 0 Å². The van der Waals surface area contributed by atoms with E-state index in [2.05, 4.69) is 60.9 Å². The van der Waals surface area contributed by atoms with Crippen molar-refractivity contribution in [3.05, 3.63) is 72.9 Å². The van der Waals surface area contributed by atoms with Gasteiger partial charge in [0, 0.05) is 43.9 Å². The summed E-state index contributed by atoms with van der Waals surface area (Å²) in [7, 11) is -4.88. The van der Waals surface area contributed by atoms with Crippen LogP contribution in [0.5, 0.6) is 0 Å². The molecule has 1 aliphatic rings. The minimum atomic E-state index is -4.88. The van der Waals surface area contributed by atoms with E-state index in [-0.39, 0.29) is 44.3 Å². The Kier molecular flexibility index (Phi) is 30.9. The molecule has 0 unspecified atom stereocenters. The second-order valence-corrected chi connectivity index (χ2v) is 16.2. The molecule has 0 amide bonds. The number of allylic oxidation sites excluding steroid dienone is 10. The number of hydrogen-bond donors (Lipinski definition) is 5. The molecule has 1 fully saturated rings. The van der Waals surface area contributed by atoms with Crippen molar-refractivity contribution in [1.82, 2.24) is 0 Å². The van der Waals surface area contributed by atoms with Gasteiger partial charge in [-0.2, -0.15) is 0 Å². The van der Waals surface area contributed by atoms with Gasteiger partial charge in [-0.05, 0) is 64.2 Å². The molecule has 1 rings (SSSR count). The highest BCUT2D eigenvalue weighted by atomic mass is 31.2. The smallest absolute Gasteiger partial charge is 0.462 e. The number of carbonyl (C=O) groups is 3. The van der Waals surface area contributed by atoms with Crippen LogP contribution in [0.15, 0.2) is 72.9 Å². The predicted octanol–water partition coefficient (Wildman–Crippen LogP) is 8.63. The number of rotatable bonds is 34. The van der Waals surface area contributed by atoms with Crippen molar-refractivity contribution in [2.24, 2.45) is 11.8 Å². The van der Waals surface area contributed by atoms with Crippen molar-refractivity contribution in [3.8, 4) is 0 Å². The Labute approximate surface area is 347 Å². The van der Waals surface area contributed by atoms with Crippen LogP contribution in [0.4, 0.5) is 0 Å². The van der Waals surface area contributed by atoms with E-state index in [1.807, 2.05) is 18.2 Å². The van der Waals surface area contributed by atoms with E-state index < -0.39 is 69.2 Å². The highest BCUT2D eigenvalue weighted by Crippen LogP contribution is 2.37. The summed E-state index contributed by atoms with van der Waals surface area (Å²) in [6.07, 6.45) is 34.1. The third-order valence-corrected chi connectivity index (χ3v) is 10.2. The Morgan fingerprint density at radius 2 is 1.26 bits per heavy atom. The summed E-state index contributed by atoms with van der Waals surface area (Å²) >= 11 is 0. The van der Waals surface area contributed by atoms with Crippen molar-refractivity contribution in [2.75, 3.05) is 13.2 Å². The molecule has 0 bridgehead atoms. The average Bonchev–Trinajstić information content (AvgIpc) is 3.44. The zero-order chi connectivity index (χ0) is 42.9. The lowest BCUT2D eigenvalue weighted by molar-refractivity contribution is -0.161. The fraction of sp³-hybridized carbons (Fsp3) is 0.667. The first-order valence-corrected chi connectivity index (χ1v) is 22.9. The minimum absolute atomic E-state index is 0.0535. The first kappa shape index (κ1) is 53.1. The van der Waals surface area contributed by atoms with E-state index in [4.69, 9.17) is 19.3 Å².